The van der Waals surface area contributed by atoms with Gasteiger partial charge in [-0.05, 0) is 73.5 Å². The van der Waals surface area contributed by atoms with Crippen LogP contribution in [0.15, 0.2) is 76.5 Å². The average molecular weight is 471 g/mol. The van der Waals surface area contributed by atoms with Crippen molar-refractivity contribution in [2.75, 3.05) is 18.0 Å². The van der Waals surface area contributed by atoms with Gasteiger partial charge in [-0.3, -0.25) is 14.8 Å². The highest BCUT2D eigenvalue weighted by Gasteiger charge is 2.21. The number of aromatic nitrogens is 1. The minimum absolute atomic E-state index is 0.247. The molecular formula is C28H27FN4O2. The number of aromatic amines is 1. The molecule has 0 bridgehead atoms. The number of pyridine rings is 1. The molecule has 0 aliphatic carbocycles. The minimum Gasteiger partial charge on any atom is -0.494 e. The number of aromatic hydroxyl groups is 1. The van der Waals surface area contributed by atoms with E-state index in [2.05, 4.69) is 46.2 Å². The number of fused-ring (bicyclic) bond motifs is 1. The molecule has 0 radical (unpaired) electrons. The van der Waals surface area contributed by atoms with E-state index in [1.54, 1.807) is 30.5 Å². The van der Waals surface area contributed by atoms with E-state index in [0.29, 0.717) is 28.4 Å². The molecule has 5 rings (SSSR count). The zero-order chi connectivity index (χ0) is 24.5. The van der Waals surface area contributed by atoms with Crippen molar-refractivity contribution in [3.8, 4) is 17.0 Å². The van der Waals surface area contributed by atoms with E-state index in [1.807, 2.05) is 18.2 Å². The average Bonchev–Trinajstić information content (AvgIpc) is 2.84. The lowest BCUT2D eigenvalue weighted by Gasteiger charge is -2.37. The molecule has 1 aliphatic heterocycles. The van der Waals surface area contributed by atoms with Gasteiger partial charge in [-0.2, -0.15) is 0 Å². The van der Waals surface area contributed by atoms with Gasteiger partial charge in [0, 0.05) is 47.8 Å². The molecule has 35 heavy (non-hydrogen) atoms. The standard InChI is InChI=1S/C28H27FN4O2/c1-17-15-33(16-18(2)31-17)23-10-8-22(9-11-23)30-14-26-25-13-20(19-3-6-21(29)7-4-19)5-12-24(25)27(34)32-28(26)35/h3-14,17-18,31H,15-16H2,1-2H3,(H2,32,34,35). The Kier molecular flexibility index (Phi) is 6.09. The van der Waals surface area contributed by atoms with E-state index in [0.717, 1.165) is 35.6 Å². The number of halogens is 1. The number of anilines is 1. The largest absolute Gasteiger partial charge is 0.494 e. The zero-order valence-electron chi connectivity index (χ0n) is 19.6. The lowest BCUT2D eigenvalue weighted by atomic mass is 9.99. The number of hydrogen-bond acceptors (Lipinski definition) is 5. The Hall–Kier alpha value is -3.97. The van der Waals surface area contributed by atoms with Crippen molar-refractivity contribution in [3.05, 3.63) is 88.5 Å². The molecule has 0 spiro atoms. The molecule has 178 valence electrons. The fourth-order valence-electron chi connectivity index (χ4n) is 4.71. The molecule has 2 atom stereocenters. The summed E-state index contributed by atoms with van der Waals surface area (Å²) >= 11 is 0. The summed E-state index contributed by atoms with van der Waals surface area (Å²) in [5.41, 5.74) is 3.52. The van der Waals surface area contributed by atoms with Crippen LogP contribution in [0.2, 0.25) is 0 Å². The van der Waals surface area contributed by atoms with Gasteiger partial charge < -0.3 is 15.3 Å². The van der Waals surface area contributed by atoms with Crippen LogP contribution in [0.3, 0.4) is 0 Å². The summed E-state index contributed by atoms with van der Waals surface area (Å²) in [6.07, 6.45) is 1.56. The Morgan fingerprint density at radius 3 is 2.29 bits per heavy atom. The monoisotopic (exact) mass is 470 g/mol. The van der Waals surface area contributed by atoms with Crippen LogP contribution in [0.25, 0.3) is 21.9 Å². The molecule has 4 aromatic rings. The first-order valence-corrected chi connectivity index (χ1v) is 11.7. The highest BCUT2D eigenvalue weighted by atomic mass is 19.1. The molecule has 3 aromatic carbocycles. The van der Waals surface area contributed by atoms with Crippen LogP contribution in [0.5, 0.6) is 5.88 Å². The summed E-state index contributed by atoms with van der Waals surface area (Å²) in [5, 5.41) is 15.1. The summed E-state index contributed by atoms with van der Waals surface area (Å²) in [7, 11) is 0. The first-order chi connectivity index (χ1) is 16.9. The van der Waals surface area contributed by atoms with Gasteiger partial charge in [-0.25, -0.2) is 4.39 Å². The van der Waals surface area contributed by atoms with Gasteiger partial charge in [-0.1, -0.05) is 18.2 Å². The van der Waals surface area contributed by atoms with E-state index in [-0.39, 0.29) is 17.3 Å². The number of piperazine rings is 1. The number of hydrogen-bond donors (Lipinski definition) is 3. The fraction of sp³-hybridized carbons (Fsp3) is 0.214. The van der Waals surface area contributed by atoms with Crippen molar-refractivity contribution in [1.29, 1.82) is 0 Å². The summed E-state index contributed by atoms with van der Waals surface area (Å²) in [6, 6.07) is 20.3. The second kappa shape index (κ2) is 9.35. The third-order valence-electron chi connectivity index (χ3n) is 6.33. The molecule has 2 heterocycles. The molecule has 1 fully saturated rings. The zero-order valence-corrected chi connectivity index (χ0v) is 19.6. The van der Waals surface area contributed by atoms with Crippen LogP contribution < -0.4 is 15.8 Å². The SMILES string of the molecule is CC1CN(c2ccc(N=Cc3c(O)[nH]c(=O)c4ccc(-c5ccc(F)cc5)cc34)cc2)CC(C)N1. The molecule has 0 amide bonds. The number of rotatable bonds is 4. The number of nitrogens with one attached hydrogen (secondary N) is 2. The van der Waals surface area contributed by atoms with Crippen molar-refractivity contribution in [2.24, 2.45) is 4.99 Å². The predicted molar refractivity (Wildman–Crippen MR) is 140 cm³/mol. The molecule has 3 N–H and O–H groups in total. The molecule has 1 aromatic heterocycles. The topological polar surface area (TPSA) is 80.7 Å². The molecule has 1 saturated heterocycles. The van der Waals surface area contributed by atoms with Crippen LogP contribution in [-0.2, 0) is 0 Å². The van der Waals surface area contributed by atoms with E-state index < -0.39 is 0 Å². The highest BCUT2D eigenvalue weighted by Crippen LogP contribution is 2.28. The second-order valence-electron chi connectivity index (χ2n) is 9.13. The quantitative estimate of drug-likeness (QED) is 0.368. The Morgan fingerprint density at radius 1 is 0.943 bits per heavy atom. The lowest BCUT2D eigenvalue weighted by molar-refractivity contribution is 0.407. The third-order valence-corrected chi connectivity index (χ3v) is 6.33. The molecule has 6 nitrogen and oxygen atoms in total. The predicted octanol–water partition coefficient (Wildman–Crippen LogP) is 4.98. The maximum absolute atomic E-state index is 13.4. The number of aliphatic imine (C=N–C) groups is 1. The van der Waals surface area contributed by atoms with E-state index in [1.165, 1.54) is 12.1 Å². The second-order valence-corrected chi connectivity index (χ2v) is 9.13. The van der Waals surface area contributed by atoms with Crippen LogP contribution in [0, 0.1) is 5.82 Å². The molecule has 7 heteroatoms. The van der Waals surface area contributed by atoms with Gasteiger partial charge >= 0.3 is 0 Å². The van der Waals surface area contributed by atoms with Gasteiger partial charge in [0.25, 0.3) is 5.56 Å². The normalized spacial score (nSPS) is 18.4. The molecule has 2 unspecified atom stereocenters. The summed E-state index contributed by atoms with van der Waals surface area (Å²) < 4.78 is 13.4. The Balaban J connectivity index is 1.47. The molecule has 0 saturated carbocycles. The summed E-state index contributed by atoms with van der Waals surface area (Å²) in [5.74, 6) is -0.564. The maximum atomic E-state index is 13.4. The van der Waals surface area contributed by atoms with Crippen LogP contribution in [0.4, 0.5) is 15.8 Å². The first kappa shape index (κ1) is 22.8. The maximum Gasteiger partial charge on any atom is 0.258 e. The van der Waals surface area contributed by atoms with Crippen LogP contribution in [0.1, 0.15) is 19.4 Å². The van der Waals surface area contributed by atoms with Gasteiger partial charge in [0.1, 0.15) is 5.82 Å². The Labute approximate surface area is 202 Å². The van der Waals surface area contributed by atoms with E-state index >= 15 is 0 Å². The minimum atomic E-state index is -0.385. The first-order valence-electron chi connectivity index (χ1n) is 11.7. The van der Waals surface area contributed by atoms with Crippen molar-refractivity contribution in [2.45, 2.75) is 25.9 Å². The number of nitrogens with zero attached hydrogens (tertiary/aromatic N) is 2. The highest BCUT2D eigenvalue weighted by molar-refractivity contribution is 6.03. The lowest BCUT2D eigenvalue weighted by Crippen LogP contribution is -2.54. The molecule has 1 aliphatic rings. The van der Waals surface area contributed by atoms with Crippen LogP contribution >= 0.6 is 0 Å². The summed E-state index contributed by atoms with van der Waals surface area (Å²) in [4.78, 5) is 21.8. The van der Waals surface area contributed by atoms with Gasteiger partial charge in [0.15, 0.2) is 0 Å². The smallest absolute Gasteiger partial charge is 0.258 e. The van der Waals surface area contributed by atoms with E-state index in [9.17, 15) is 14.3 Å². The van der Waals surface area contributed by atoms with Crippen LogP contribution in [-0.4, -0.2) is 41.5 Å². The van der Waals surface area contributed by atoms with E-state index in [4.69, 9.17) is 0 Å². The fourth-order valence-corrected chi connectivity index (χ4v) is 4.71. The van der Waals surface area contributed by atoms with Crippen molar-refractivity contribution in [3.63, 3.8) is 0 Å². The van der Waals surface area contributed by atoms with Crippen molar-refractivity contribution >= 4 is 28.4 Å². The third kappa shape index (κ3) is 4.81. The number of H-pyrrole nitrogens is 1. The Bertz CT molecular complexity index is 1440. The van der Waals surface area contributed by atoms with Crippen molar-refractivity contribution in [1.82, 2.24) is 10.3 Å². The van der Waals surface area contributed by atoms with Gasteiger partial charge in [-0.15, -0.1) is 0 Å². The van der Waals surface area contributed by atoms with Gasteiger partial charge in [0.2, 0.25) is 5.88 Å². The number of benzene rings is 3. The van der Waals surface area contributed by atoms with Gasteiger partial charge in [0.05, 0.1) is 11.3 Å². The molecular weight excluding hydrogens is 443 g/mol. The van der Waals surface area contributed by atoms with Crippen molar-refractivity contribution < 1.29 is 9.50 Å². The Morgan fingerprint density at radius 2 is 1.60 bits per heavy atom. The summed E-state index contributed by atoms with van der Waals surface area (Å²) in [6.45, 7) is 6.26.